The molecule has 0 radical (unpaired) electrons. The maximum Gasteiger partial charge on any atom is 0.303 e. The number of hydrogen-bond donors (Lipinski definition) is 1. The molecule has 5 rings (SSSR count). The van der Waals surface area contributed by atoms with Crippen molar-refractivity contribution in [3.05, 3.63) is 87.1 Å². The summed E-state index contributed by atoms with van der Waals surface area (Å²) < 4.78 is 2.24. The van der Waals surface area contributed by atoms with Crippen molar-refractivity contribution in [1.82, 2.24) is 0 Å². The van der Waals surface area contributed by atoms with E-state index in [1.54, 1.807) is 23.9 Å². The first-order valence-electron chi connectivity index (χ1n) is 12.3. The zero-order valence-electron chi connectivity index (χ0n) is 19.9. The number of thioether (sulfide) groups is 1. The van der Waals surface area contributed by atoms with Gasteiger partial charge >= 0.3 is 5.97 Å². The number of non-ortho nitro benzene ring substituents is 1. The number of nitro benzene ring substituents is 1. The molecule has 2 aliphatic heterocycles. The molecular formula is C28H28N3O4S+. The first-order chi connectivity index (χ1) is 17.5. The summed E-state index contributed by atoms with van der Waals surface area (Å²) in [6, 6.07) is 15.6. The second-order valence-electron chi connectivity index (χ2n) is 9.12. The molecule has 0 spiro atoms. The summed E-state index contributed by atoms with van der Waals surface area (Å²) in [6.45, 7) is 1.78. The number of aromatic nitrogens is 1. The Bertz CT molecular complexity index is 1400. The summed E-state index contributed by atoms with van der Waals surface area (Å²) in [5.41, 5.74) is 4.75. The van der Waals surface area contributed by atoms with E-state index < -0.39 is 5.97 Å². The number of aryl methyl sites for hydroxylation is 1. The number of carboxylic acid groups (broad SMARTS) is 1. The highest BCUT2D eigenvalue weighted by Crippen LogP contribution is 2.50. The largest absolute Gasteiger partial charge is 0.481 e. The highest BCUT2D eigenvalue weighted by Gasteiger charge is 2.31. The number of nitro groups is 1. The quantitative estimate of drug-likeness (QED) is 0.160. The van der Waals surface area contributed by atoms with Crippen LogP contribution in [0.3, 0.4) is 0 Å². The number of pyridine rings is 1. The van der Waals surface area contributed by atoms with Crippen LogP contribution < -0.4 is 9.47 Å². The van der Waals surface area contributed by atoms with Crippen LogP contribution in [0.5, 0.6) is 0 Å². The number of carbonyl (C=O) groups is 1. The van der Waals surface area contributed by atoms with Gasteiger partial charge in [-0.3, -0.25) is 14.9 Å². The Morgan fingerprint density at radius 3 is 2.83 bits per heavy atom. The van der Waals surface area contributed by atoms with Gasteiger partial charge in [-0.2, -0.15) is 4.57 Å². The third kappa shape index (κ3) is 4.99. The Labute approximate surface area is 213 Å². The van der Waals surface area contributed by atoms with Gasteiger partial charge in [0.1, 0.15) is 6.54 Å². The molecule has 7 nitrogen and oxygen atoms in total. The molecular weight excluding hydrogens is 474 g/mol. The molecule has 1 N–H and O–H groups in total. The Kier molecular flexibility index (Phi) is 7.04. The van der Waals surface area contributed by atoms with E-state index in [1.165, 1.54) is 16.0 Å². The summed E-state index contributed by atoms with van der Waals surface area (Å²) in [6.07, 6.45) is 11.3. The van der Waals surface area contributed by atoms with Gasteiger partial charge in [0, 0.05) is 48.5 Å². The minimum absolute atomic E-state index is 0.129. The molecule has 184 valence electrons. The second-order valence-corrected chi connectivity index (χ2v) is 10.1. The predicted octanol–water partition coefficient (Wildman–Crippen LogP) is 6.31. The van der Waals surface area contributed by atoms with E-state index in [0.29, 0.717) is 6.42 Å². The van der Waals surface area contributed by atoms with Crippen LogP contribution in [0.4, 0.5) is 11.4 Å². The molecule has 0 amide bonds. The van der Waals surface area contributed by atoms with E-state index in [4.69, 9.17) is 5.11 Å². The SMILES string of the molecule is O=C(O)CCCCC[n+]1ccc(/C=C/C2=C3Sc4cc([N+](=O)[O-])ccc4N3CCC2)c2ccccc21. The number of allylic oxidation sites excluding steroid dienone is 2. The minimum atomic E-state index is -0.734. The number of aliphatic carboxylic acids is 1. The minimum Gasteiger partial charge on any atom is -0.481 e. The van der Waals surface area contributed by atoms with Gasteiger partial charge < -0.3 is 10.0 Å². The van der Waals surface area contributed by atoms with Crippen LogP contribution >= 0.6 is 11.8 Å². The molecule has 0 saturated heterocycles. The van der Waals surface area contributed by atoms with Gasteiger partial charge in [-0.15, -0.1) is 0 Å². The van der Waals surface area contributed by atoms with Gasteiger partial charge in [0.2, 0.25) is 5.52 Å². The van der Waals surface area contributed by atoms with E-state index in [2.05, 4.69) is 52.1 Å². The zero-order chi connectivity index (χ0) is 25.1. The van der Waals surface area contributed by atoms with Crippen molar-refractivity contribution in [1.29, 1.82) is 0 Å². The summed E-state index contributed by atoms with van der Waals surface area (Å²) >= 11 is 1.62. The van der Waals surface area contributed by atoms with E-state index in [-0.39, 0.29) is 17.0 Å². The second kappa shape index (κ2) is 10.5. The monoisotopic (exact) mass is 502 g/mol. The van der Waals surface area contributed by atoms with Crippen LogP contribution in [-0.4, -0.2) is 22.5 Å². The topological polar surface area (TPSA) is 87.6 Å². The van der Waals surface area contributed by atoms with Gasteiger partial charge in [-0.25, -0.2) is 0 Å². The van der Waals surface area contributed by atoms with Crippen molar-refractivity contribution < 1.29 is 19.4 Å². The molecule has 0 fully saturated rings. The molecule has 0 saturated carbocycles. The molecule has 2 aliphatic rings. The molecule has 36 heavy (non-hydrogen) atoms. The van der Waals surface area contributed by atoms with E-state index in [9.17, 15) is 14.9 Å². The normalized spacial score (nSPS) is 14.9. The Hall–Kier alpha value is -3.65. The number of hydrogen-bond acceptors (Lipinski definition) is 5. The zero-order valence-corrected chi connectivity index (χ0v) is 20.7. The van der Waals surface area contributed by atoms with Gasteiger partial charge in [0.05, 0.1) is 21.0 Å². The smallest absolute Gasteiger partial charge is 0.303 e. The number of anilines is 1. The van der Waals surface area contributed by atoms with E-state index in [1.807, 2.05) is 12.1 Å². The van der Waals surface area contributed by atoms with Crippen molar-refractivity contribution in [2.24, 2.45) is 0 Å². The fraction of sp³-hybridized carbons (Fsp3) is 0.286. The maximum absolute atomic E-state index is 11.2. The lowest BCUT2D eigenvalue weighted by Gasteiger charge is -2.27. The fourth-order valence-corrected chi connectivity index (χ4v) is 6.19. The van der Waals surface area contributed by atoms with Gasteiger partial charge in [0.15, 0.2) is 6.20 Å². The first kappa shape index (κ1) is 24.1. The summed E-state index contributed by atoms with van der Waals surface area (Å²) in [7, 11) is 0. The molecule has 0 atom stereocenters. The molecule has 0 unspecified atom stereocenters. The van der Waals surface area contributed by atoms with Crippen molar-refractivity contribution in [3.63, 3.8) is 0 Å². The van der Waals surface area contributed by atoms with E-state index in [0.717, 1.165) is 60.4 Å². The maximum atomic E-state index is 11.2. The van der Waals surface area contributed by atoms with Crippen LogP contribution in [0, 0.1) is 10.1 Å². The average molecular weight is 503 g/mol. The molecule has 2 aromatic carbocycles. The van der Waals surface area contributed by atoms with Crippen molar-refractivity contribution in [2.45, 2.75) is 50.0 Å². The van der Waals surface area contributed by atoms with Gasteiger partial charge in [0.25, 0.3) is 5.69 Å². The first-order valence-corrected chi connectivity index (χ1v) is 13.1. The number of carboxylic acids is 1. The number of nitrogens with zero attached hydrogens (tertiary/aromatic N) is 3. The summed E-state index contributed by atoms with van der Waals surface area (Å²) in [5, 5.41) is 22.4. The standard InChI is InChI=1S/C28H27N3O4S/c32-27(33)10-2-1-5-16-29-18-15-20(23-8-3-4-9-24(23)29)11-12-21-7-6-17-30-25-14-13-22(31(34)35)19-26(25)36-28(21)30/h3-4,8-9,11-15,18-19H,1-2,5-7,10,16-17H2/p+1. The lowest BCUT2D eigenvalue weighted by molar-refractivity contribution is -0.671. The highest BCUT2D eigenvalue weighted by atomic mass is 32.2. The van der Waals surface area contributed by atoms with Crippen LogP contribution in [0.1, 0.15) is 44.1 Å². The summed E-state index contributed by atoms with van der Waals surface area (Å²) in [4.78, 5) is 24.8. The molecule has 8 heteroatoms. The number of unbranched alkanes of at least 4 members (excludes halogenated alkanes) is 2. The number of para-hydroxylation sites is 1. The van der Waals surface area contributed by atoms with Crippen molar-refractivity contribution >= 4 is 46.1 Å². The number of fused-ring (bicyclic) bond motifs is 4. The van der Waals surface area contributed by atoms with E-state index >= 15 is 0 Å². The Morgan fingerprint density at radius 2 is 2.00 bits per heavy atom. The van der Waals surface area contributed by atoms with Crippen molar-refractivity contribution in [3.8, 4) is 0 Å². The van der Waals surface area contributed by atoms with Crippen LogP contribution in [0.15, 0.2) is 76.3 Å². The van der Waals surface area contributed by atoms with Crippen LogP contribution in [-0.2, 0) is 11.3 Å². The number of rotatable bonds is 9. The Balaban J connectivity index is 1.38. The third-order valence-corrected chi connectivity index (χ3v) is 7.93. The third-order valence-electron chi connectivity index (χ3n) is 6.71. The average Bonchev–Trinajstić information content (AvgIpc) is 3.26. The predicted molar refractivity (Wildman–Crippen MR) is 142 cm³/mol. The molecule has 1 aromatic heterocycles. The van der Waals surface area contributed by atoms with Crippen LogP contribution in [0.2, 0.25) is 0 Å². The summed E-state index contributed by atoms with van der Waals surface area (Å²) in [5.74, 6) is -0.734. The van der Waals surface area contributed by atoms with Gasteiger partial charge in [-0.1, -0.05) is 36.0 Å². The fourth-order valence-electron chi connectivity index (χ4n) is 4.91. The molecule has 0 aliphatic carbocycles. The lowest BCUT2D eigenvalue weighted by atomic mass is 10.0. The van der Waals surface area contributed by atoms with Crippen LogP contribution in [0.25, 0.3) is 17.0 Å². The number of benzene rings is 2. The molecule has 3 heterocycles. The van der Waals surface area contributed by atoms with Crippen molar-refractivity contribution in [2.75, 3.05) is 11.4 Å². The highest BCUT2D eigenvalue weighted by molar-refractivity contribution is 8.03. The Morgan fingerprint density at radius 1 is 1.14 bits per heavy atom. The molecule has 3 aromatic rings. The van der Waals surface area contributed by atoms with Gasteiger partial charge in [-0.05, 0) is 49.0 Å². The lowest BCUT2D eigenvalue weighted by Crippen LogP contribution is -2.34. The molecule has 0 bridgehead atoms.